The Morgan fingerprint density at radius 3 is 2.34 bits per heavy atom. The number of nitrogens with one attached hydrogen (secondary N) is 1. The van der Waals surface area contributed by atoms with Gasteiger partial charge in [0.25, 0.3) is 5.69 Å². The van der Waals surface area contributed by atoms with E-state index in [1.807, 2.05) is 56.4 Å². The average Bonchev–Trinajstić information content (AvgIpc) is 2.68. The zero-order chi connectivity index (χ0) is 21.0. The molecule has 0 atom stereocenters. The van der Waals surface area contributed by atoms with E-state index in [4.69, 9.17) is 12.2 Å². The van der Waals surface area contributed by atoms with Gasteiger partial charge < -0.3 is 10.4 Å². The lowest BCUT2D eigenvalue weighted by atomic mass is 10.1. The van der Waals surface area contributed by atoms with Gasteiger partial charge in [-0.1, -0.05) is 24.4 Å². The maximum atomic E-state index is 13.3. The van der Waals surface area contributed by atoms with Gasteiger partial charge in [-0.15, -0.1) is 0 Å². The predicted octanol–water partition coefficient (Wildman–Crippen LogP) is 3.62. The van der Waals surface area contributed by atoms with Crippen LogP contribution in [0.4, 0.5) is 11.4 Å². The SMILES string of the molecule is Cc1cccc(NC(=S)C(=C([O-])c2ccc([N+](=O)[O-])cc2)[n+]2cccc(C)c2)c1. The summed E-state index contributed by atoms with van der Waals surface area (Å²) in [5.74, 6) is -0.333. The molecule has 0 aliphatic heterocycles. The second-order valence-corrected chi connectivity index (χ2v) is 7.00. The standard InChI is InChI=1S/C22H19N3O3S/c1-15-5-3-7-18(13-15)23-22(29)20(24-12-4-6-16(2)14-24)21(26)17-8-10-19(11-9-17)25(27)28/h3-14H,1-2H3,(H-,23,26,29). The Labute approximate surface area is 173 Å². The first kappa shape index (κ1) is 20.2. The Hall–Kier alpha value is -3.58. The third kappa shape index (κ3) is 4.83. The van der Waals surface area contributed by atoms with Crippen molar-refractivity contribution in [2.45, 2.75) is 13.8 Å². The molecule has 0 aliphatic rings. The van der Waals surface area contributed by atoms with E-state index in [2.05, 4.69) is 5.32 Å². The average molecular weight is 405 g/mol. The molecule has 3 rings (SSSR count). The Morgan fingerprint density at radius 1 is 1.03 bits per heavy atom. The zero-order valence-electron chi connectivity index (χ0n) is 16.0. The number of nitro groups is 1. The molecule has 0 amide bonds. The number of non-ortho nitro benzene ring substituents is 1. The highest BCUT2D eigenvalue weighted by Crippen LogP contribution is 2.20. The number of nitrogens with zero attached hydrogens (tertiary/aromatic N) is 2. The molecule has 6 nitrogen and oxygen atoms in total. The number of aromatic nitrogens is 1. The van der Waals surface area contributed by atoms with Gasteiger partial charge in [0.15, 0.2) is 17.4 Å². The van der Waals surface area contributed by atoms with E-state index in [0.717, 1.165) is 16.8 Å². The summed E-state index contributed by atoms with van der Waals surface area (Å²) in [6, 6.07) is 16.9. The highest BCUT2D eigenvalue weighted by Gasteiger charge is 2.19. The summed E-state index contributed by atoms with van der Waals surface area (Å²) >= 11 is 5.57. The number of aryl methyl sites for hydroxylation is 2. The molecule has 146 valence electrons. The molecule has 0 radical (unpaired) electrons. The summed E-state index contributed by atoms with van der Waals surface area (Å²) < 4.78 is 1.67. The van der Waals surface area contributed by atoms with Gasteiger partial charge in [0, 0.05) is 29.4 Å². The van der Waals surface area contributed by atoms with Gasteiger partial charge in [0.05, 0.1) is 4.92 Å². The summed E-state index contributed by atoms with van der Waals surface area (Å²) in [5.41, 5.74) is 3.29. The number of hydrogen-bond acceptors (Lipinski definition) is 4. The molecule has 0 bridgehead atoms. The first-order valence-electron chi connectivity index (χ1n) is 8.87. The van der Waals surface area contributed by atoms with E-state index < -0.39 is 4.92 Å². The van der Waals surface area contributed by atoms with Crippen molar-refractivity contribution in [2.24, 2.45) is 0 Å². The van der Waals surface area contributed by atoms with Crippen LogP contribution in [-0.2, 0) is 0 Å². The zero-order valence-corrected chi connectivity index (χ0v) is 16.8. The van der Waals surface area contributed by atoms with E-state index in [0.29, 0.717) is 5.56 Å². The first-order chi connectivity index (χ1) is 13.8. The van der Waals surface area contributed by atoms with Gasteiger partial charge in [-0.3, -0.25) is 10.1 Å². The Morgan fingerprint density at radius 2 is 1.72 bits per heavy atom. The van der Waals surface area contributed by atoms with Gasteiger partial charge in [-0.25, -0.2) is 0 Å². The number of thiocarbonyl (C=S) groups is 1. The van der Waals surface area contributed by atoms with Crippen LogP contribution in [0.15, 0.2) is 73.1 Å². The third-order valence-corrected chi connectivity index (χ3v) is 4.55. The minimum Gasteiger partial charge on any atom is -0.867 e. The quantitative estimate of drug-likeness (QED) is 0.175. The molecule has 7 heteroatoms. The number of benzene rings is 2. The van der Waals surface area contributed by atoms with Crippen LogP contribution < -0.4 is 15.0 Å². The molecular weight excluding hydrogens is 386 g/mol. The first-order valence-corrected chi connectivity index (χ1v) is 9.28. The van der Waals surface area contributed by atoms with Gasteiger partial charge in [0.1, 0.15) is 0 Å². The van der Waals surface area contributed by atoms with Crippen LogP contribution in [0.1, 0.15) is 16.7 Å². The molecule has 2 aromatic carbocycles. The molecule has 0 unspecified atom stereocenters. The van der Waals surface area contributed by atoms with Crippen LogP contribution in [0, 0.1) is 24.0 Å². The van der Waals surface area contributed by atoms with E-state index in [-0.39, 0.29) is 22.1 Å². The van der Waals surface area contributed by atoms with E-state index in [1.54, 1.807) is 10.8 Å². The van der Waals surface area contributed by atoms with Gasteiger partial charge in [-0.05, 0) is 61.1 Å². The highest BCUT2D eigenvalue weighted by atomic mass is 32.1. The third-order valence-electron chi connectivity index (χ3n) is 4.25. The maximum Gasteiger partial charge on any atom is 0.269 e. The molecule has 0 spiro atoms. The number of hydrogen-bond donors (Lipinski definition) is 1. The molecule has 0 saturated heterocycles. The maximum absolute atomic E-state index is 13.3. The van der Waals surface area contributed by atoms with Crippen LogP contribution in [0.5, 0.6) is 0 Å². The van der Waals surface area contributed by atoms with Crippen LogP contribution in [-0.4, -0.2) is 9.91 Å². The van der Waals surface area contributed by atoms with Crippen molar-refractivity contribution >= 4 is 40.0 Å². The minimum absolute atomic E-state index is 0.0771. The number of nitro benzene ring substituents is 1. The monoisotopic (exact) mass is 405 g/mol. The van der Waals surface area contributed by atoms with Crippen LogP contribution >= 0.6 is 12.2 Å². The molecule has 0 saturated carbocycles. The van der Waals surface area contributed by atoms with E-state index in [1.165, 1.54) is 24.3 Å². The minimum atomic E-state index is -0.502. The lowest BCUT2D eigenvalue weighted by Gasteiger charge is -2.17. The summed E-state index contributed by atoms with van der Waals surface area (Å²) in [6.07, 6.45) is 3.55. The van der Waals surface area contributed by atoms with Crippen molar-refractivity contribution < 1.29 is 14.6 Å². The second-order valence-electron chi connectivity index (χ2n) is 6.59. The molecule has 1 aromatic heterocycles. The number of pyridine rings is 1. The smallest absolute Gasteiger partial charge is 0.269 e. The topological polar surface area (TPSA) is 82.1 Å². The molecule has 0 fully saturated rings. The summed E-state index contributed by atoms with van der Waals surface area (Å²) in [5, 5.41) is 27.3. The van der Waals surface area contributed by atoms with E-state index >= 15 is 0 Å². The van der Waals surface area contributed by atoms with Crippen molar-refractivity contribution in [3.63, 3.8) is 0 Å². The Kier molecular flexibility index (Phi) is 5.99. The van der Waals surface area contributed by atoms with Crippen molar-refractivity contribution in [3.05, 3.63) is 99.9 Å². The van der Waals surface area contributed by atoms with Gasteiger partial charge in [-0.2, -0.15) is 4.57 Å². The molecule has 1 heterocycles. The molecule has 1 N–H and O–H groups in total. The van der Waals surface area contributed by atoms with Crippen molar-refractivity contribution in [2.75, 3.05) is 5.32 Å². The van der Waals surface area contributed by atoms with Crippen molar-refractivity contribution in [1.29, 1.82) is 0 Å². The normalized spacial score (nSPS) is 11.5. The Bertz CT molecular complexity index is 1110. The fraction of sp³-hybridized carbons (Fsp3) is 0.0909. The van der Waals surface area contributed by atoms with E-state index in [9.17, 15) is 15.2 Å². The van der Waals surface area contributed by atoms with Crippen molar-refractivity contribution in [1.82, 2.24) is 0 Å². The Balaban J connectivity index is 2.07. The fourth-order valence-corrected chi connectivity index (χ4v) is 3.17. The van der Waals surface area contributed by atoms with Crippen LogP contribution in [0.3, 0.4) is 0 Å². The van der Waals surface area contributed by atoms with Crippen LogP contribution in [0.2, 0.25) is 0 Å². The summed E-state index contributed by atoms with van der Waals surface area (Å²) in [4.78, 5) is 10.7. The largest absolute Gasteiger partial charge is 0.867 e. The molecule has 0 aliphatic carbocycles. The van der Waals surface area contributed by atoms with Gasteiger partial charge >= 0.3 is 0 Å². The number of rotatable bonds is 5. The molecule has 3 aromatic rings. The summed E-state index contributed by atoms with van der Waals surface area (Å²) in [6.45, 7) is 3.89. The highest BCUT2D eigenvalue weighted by molar-refractivity contribution is 7.81. The summed E-state index contributed by atoms with van der Waals surface area (Å²) in [7, 11) is 0. The lowest BCUT2D eigenvalue weighted by Crippen LogP contribution is -2.40. The fourth-order valence-electron chi connectivity index (χ4n) is 2.85. The van der Waals surface area contributed by atoms with Gasteiger partial charge in [0.2, 0.25) is 5.70 Å². The lowest BCUT2D eigenvalue weighted by molar-refractivity contribution is -0.578. The van der Waals surface area contributed by atoms with Crippen molar-refractivity contribution in [3.8, 4) is 0 Å². The molecular formula is C22H19N3O3S. The number of anilines is 1. The predicted molar refractivity (Wildman–Crippen MR) is 115 cm³/mol. The second kappa shape index (κ2) is 8.62. The molecule has 29 heavy (non-hydrogen) atoms. The van der Waals surface area contributed by atoms with Crippen LogP contribution in [0.25, 0.3) is 11.5 Å².